The van der Waals surface area contributed by atoms with Crippen molar-refractivity contribution in [2.45, 2.75) is 19.3 Å². The van der Waals surface area contributed by atoms with Crippen molar-refractivity contribution in [3.63, 3.8) is 0 Å². The van der Waals surface area contributed by atoms with Crippen LogP contribution < -0.4 is 5.32 Å². The van der Waals surface area contributed by atoms with Gasteiger partial charge in [-0.2, -0.15) is 0 Å². The van der Waals surface area contributed by atoms with E-state index in [4.69, 9.17) is 0 Å². The number of benzene rings is 1. The largest absolute Gasteiger partial charge is 0.338 e. The van der Waals surface area contributed by atoms with Gasteiger partial charge < -0.3 is 10.2 Å². The average Bonchev–Trinajstić information content (AvgIpc) is 3.26. The van der Waals surface area contributed by atoms with Gasteiger partial charge >= 0.3 is 0 Å². The quantitative estimate of drug-likeness (QED) is 0.885. The Morgan fingerprint density at radius 1 is 1.21 bits per heavy atom. The van der Waals surface area contributed by atoms with Crippen LogP contribution in [0.4, 0.5) is 0 Å². The summed E-state index contributed by atoms with van der Waals surface area (Å²) in [5.74, 6) is 0.121. The van der Waals surface area contributed by atoms with Crippen LogP contribution in [0.2, 0.25) is 0 Å². The SMILES string of the molecule is Cl.O=C(c1ccc(-n2cnnn2)cc1)N1CCC2(CCCNC2)C1. The Bertz CT molecular complexity index is 681. The topological polar surface area (TPSA) is 75.9 Å². The standard InChI is InChI=1S/C16H20N6O.ClH/c23-15(21-9-7-16(11-21)6-1-8-17-10-16)13-2-4-14(5-3-13)22-12-18-19-20-22;/h2-5,12,17H,1,6-11H2;1H. The predicted octanol–water partition coefficient (Wildman–Crippen LogP) is 1.30. The molecule has 7 nitrogen and oxygen atoms in total. The Hall–Kier alpha value is -1.99. The van der Waals surface area contributed by atoms with Gasteiger partial charge in [-0.05, 0) is 60.5 Å². The minimum Gasteiger partial charge on any atom is -0.338 e. The highest BCUT2D eigenvalue weighted by atomic mass is 35.5. The van der Waals surface area contributed by atoms with Gasteiger partial charge in [0.2, 0.25) is 0 Å². The number of hydrogen-bond acceptors (Lipinski definition) is 5. The molecule has 1 atom stereocenters. The second-order valence-corrected chi connectivity index (χ2v) is 6.56. The molecular formula is C16H21ClN6O. The number of nitrogens with zero attached hydrogens (tertiary/aromatic N) is 5. The van der Waals surface area contributed by atoms with Gasteiger partial charge in [0.05, 0.1) is 5.69 Å². The van der Waals surface area contributed by atoms with Crippen LogP contribution in [0, 0.1) is 5.41 Å². The molecule has 1 aromatic carbocycles. The molecule has 0 bridgehead atoms. The summed E-state index contributed by atoms with van der Waals surface area (Å²) in [6.45, 7) is 3.87. The van der Waals surface area contributed by atoms with Crippen molar-refractivity contribution in [3.8, 4) is 5.69 Å². The fourth-order valence-corrected chi connectivity index (χ4v) is 3.71. The molecular weight excluding hydrogens is 328 g/mol. The summed E-state index contributed by atoms with van der Waals surface area (Å²) >= 11 is 0. The number of hydrogen-bond donors (Lipinski definition) is 1. The van der Waals surface area contributed by atoms with Gasteiger partial charge in [-0.1, -0.05) is 0 Å². The lowest BCUT2D eigenvalue weighted by atomic mass is 9.80. The van der Waals surface area contributed by atoms with Gasteiger partial charge in [0.25, 0.3) is 5.91 Å². The van der Waals surface area contributed by atoms with Crippen LogP contribution in [0.25, 0.3) is 5.69 Å². The second-order valence-electron chi connectivity index (χ2n) is 6.56. The summed E-state index contributed by atoms with van der Waals surface area (Å²) in [6.07, 6.45) is 5.08. The van der Waals surface area contributed by atoms with E-state index in [-0.39, 0.29) is 18.3 Å². The summed E-state index contributed by atoms with van der Waals surface area (Å²) < 4.78 is 1.58. The average molecular weight is 349 g/mol. The van der Waals surface area contributed by atoms with Gasteiger partial charge in [-0.3, -0.25) is 4.79 Å². The molecule has 1 spiro atoms. The normalized spacial score (nSPS) is 23.2. The molecule has 3 heterocycles. The van der Waals surface area contributed by atoms with Crippen LogP contribution in [0.15, 0.2) is 30.6 Å². The molecule has 1 amide bonds. The first-order chi connectivity index (χ1) is 11.3. The van der Waals surface area contributed by atoms with Crippen molar-refractivity contribution < 1.29 is 4.79 Å². The molecule has 2 aliphatic rings. The number of halogens is 1. The fourth-order valence-electron chi connectivity index (χ4n) is 3.71. The number of likely N-dealkylation sites (tertiary alicyclic amines) is 1. The number of amides is 1. The van der Waals surface area contributed by atoms with Crippen molar-refractivity contribution in [1.82, 2.24) is 30.4 Å². The molecule has 128 valence electrons. The summed E-state index contributed by atoms with van der Waals surface area (Å²) in [4.78, 5) is 14.7. The van der Waals surface area contributed by atoms with Crippen molar-refractivity contribution in [2.75, 3.05) is 26.2 Å². The number of tetrazole rings is 1. The molecule has 2 aromatic rings. The summed E-state index contributed by atoms with van der Waals surface area (Å²) in [7, 11) is 0. The molecule has 1 N–H and O–H groups in total. The van der Waals surface area contributed by atoms with Crippen molar-refractivity contribution in [2.24, 2.45) is 5.41 Å². The lowest BCUT2D eigenvalue weighted by Crippen LogP contribution is -2.42. The zero-order valence-electron chi connectivity index (χ0n) is 13.4. The molecule has 2 saturated heterocycles. The molecule has 4 rings (SSSR count). The Kier molecular flexibility index (Phi) is 4.82. The van der Waals surface area contributed by atoms with Crippen LogP contribution in [-0.2, 0) is 0 Å². The van der Waals surface area contributed by atoms with Crippen LogP contribution in [0.5, 0.6) is 0 Å². The Morgan fingerprint density at radius 2 is 2.04 bits per heavy atom. The summed E-state index contributed by atoms with van der Waals surface area (Å²) in [6, 6.07) is 7.45. The van der Waals surface area contributed by atoms with Gasteiger partial charge in [0.1, 0.15) is 6.33 Å². The van der Waals surface area contributed by atoms with Crippen molar-refractivity contribution in [3.05, 3.63) is 36.2 Å². The highest BCUT2D eigenvalue weighted by Crippen LogP contribution is 2.36. The molecule has 8 heteroatoms. The van der Waals surface area contributed by atoms with E-state index in [1.165, 1.54) is 19.2 Å². The molecule has 2 aliphatic heterocycles. The van der Waals surface area contributed by atoms with Gasteiger partial charge in [0, 0.05) is 30.6 Å². The highest BCUT2D eigenvalue weighted by Gasteiger charge is 2.40. The van der Waals surface area contributed by atoms with E-state index >= 15 is 0 Å². The number of rotatable bonds is 2. The maximum Gasteiger partial charge on any atom is 0.253 e. The number of carbonyl (C=O) groups is 1. The molecule has 0 aliphatic carbocycles. The Morgan fingerprint density at radius 3 is 2.71 bits per heavy atom. The Labute approximate surface area is 146 Å². The van der Waals surface area contributed by atoms with E-state index in [2.05, 4.69) is 20.8 Å². The third-order valence-electron chi connectivity index (χ3n) is 5.01. The molecule has 24 heavy (non-hydrogen) atoms. The van der Waals surface area contributed by atoms with Crippen LogP contribution in [0.3, 0.4) is 0 Å². The monoisotopic (exact) mass is 348 g/mol. The second kappa shape index (κ2) is 6.86. The number of piperidine rings is 1. The lowest BCUT2D eigenvalue weighted by molar-refractivity contribution is 0.0764. The van der Waals surface area contributed by atoms with Crippen molar-refractivity contribution >= 4 is 18.3 Å². The van der Waals surface area contributed by atoms with E-state index in [1.807, 2.05) is 29.2 Å². The first-order valence-corrected chi connectivity index (χ1v) is 8.09. The van der Waals surface area contributed by atoms with Crippen molar-refractivity contribution in [1.29, 1.82) is 0 Å². The van der Waals surface area contributed by atoms with E-state index in [0.717, 1.165) is 43.9 Å². The molecule has 0 saturated carbocycles. The van der Waals surface area contributed by atoms with Crippen LogP contribution >= 0.6 is 12.4 Å². The van der Waals surface area contributed by atoms with Crippen LogP contribution in [-0.4, -0.2) is 57.2 Å². The van der Waals surface area contributed by atoms with Gasteiger partial charge in [-0.25, -0.2) is 4.68 Å². The smallest absolute Gasteiger partial charge is 0.253 e. The lowest BCUT2D eigenvalue weighted by Gasteiger charge is -2.33. The zero-order valence-corrected chi connectivity index (χ0v) is 14.2. The number of nitrogens with one attached hydrogen (secondary N) is 1. The summed E-state index contributed by atoms with van der Waals surface area (Å²) in [5.41, 5.74) is 1.86. The zero-order chi connectivity index (χ0) is 15.7. The van der Waals surface area contributed by atoms with E-state index in [0.29, 0.717) is 5.41 Å². The fraction of sp³-hybridized carbons (Fsp3) is 0.500. The number of carbonyl (C=O) groups excluding carboxylic acids is 1. The third-order valence-corrected chi connectivity index (χ3v) is 5.01. The summed E-state index contributed by atoms with van der Waals surface area (Å²) in [5, 5.41) is 14.6. The molecule has 2 fully saturated rings. The Balaban J connectivity index is 0.00000169. The first-order valence-electron chi connectivity index (χ1n) is 8.09. The minimum atomic E-state index is 0. The number of aromatic nitrogens is 4. The third kappa shape index (κ3) is 3.14. The molecule has 0 radical (unpaired) electrons. The predicted molar refractivity (Wildman–Crippen MR) is 91.5 cm³/mol. The van der Waals surface area contributed by atoms with Gasteiger partial charge in [-0.15, -0.1) is 17.5 Å². The molecule has 1 aromatic heterocycles. The first kappa shape index (κ1) is 16.9. The van der Waals surface area contributed by atoms with Crippen LogP contribution in [0.1, 0.15) is 29.6 Å². The maximum atomic E-state index is 12.7. The minimum absolute atomic E-state index is 0. The highest BCUT2D eigenvalue weighted by molar-refractivity contribution is 5.94. The van der Waals surface area contributed by atoms with E-state index < -0.39 is 0 Å². The van der Waals surface area contributed by atoms with E-state index in [9.17, 15) is 4.79 Å². The molecule has 1 unspecified atom stereocenters. The van der Waals surface area contributed by atoms with Gasteiger partial charge in [0.15, 0.2) is 0 Å². The van der Waals surface area contributed by atoms with E-state index in [1.54, 1.807) is 4.68 Å². The maximum absolute atomic E-state index is 12.7.